The van der Waals surface area contributed by atoms with E-state index >= 15 is 0 Å². The third-order valence-corrected chi connectivity index (χ3v) is 5.05. The average Bonchev–Trinajstić information content (AvgIpc) is 3.14. The van der Waals surface area contributed by atoms with E-state index in [0.29, 0.717) is 6.04 Å². The van der Waals surface area contributed by atoms with Gasteiger partial charge >= 0.3 is 0 Å². The minimum atomic E-state index is -0.439. The molecule has 7 nitrogen and oxygen atoms in total. The first-order valence-corrected chi connectivity index (χ1v) is 8.67. The van der Waals surface area contributed by atoms with E-state index in [1.807, 2.05) is 28.9 Å². The van der Waals surface area contributed by atoms with E-state index in [0.717, 1.165) is 55.7 Å². The van der Waals surface area contributed by atoms with Crippen LogP contribution in [0.4, 0.5) is 5.69 Å². The van der Waals surface area contributed by atoms with Gasteiger partial charge in [0, 0.05) is 11.3 Å². The van der Waals surface area contributed by atoms with Gasteiger partial charge in [-0.15, -0.1) is 17.5 Å². The van der Waals surface area contributed by atoms with Crippen molar-refractivity contribution < 1.29 is 4.79 Å². The summed E-state index contributed by atoms with van der Waals surface area (Å²) in [5, 5.41) is 18.5. The quantitative estimate of drug-likeness (QED) is 0.853. The topological polar surface area (TPSA) is 84.7 Å². The zero-order chi connectivity index (χ0) is 16.6. The van der Waals surface area contributed by atoms with Gasteiger partial charge in [-0.05, 0) is 61.2 Å². The van der Waals surface area contributed by atoms with E-state index in [2.05, 4.69) is 33.1 Å². The lowest BCUT2D eigenvalue weighted by molar-refractivity contribution is -0.122. The molecule has 0 bridgehead atoms. The van der Waals surface area contributed by atoms with Crippen LogP contribution in [0, 0.1) is 0 Å². The molecule has 2 heterocycles. The normalized spacial score (nSPS) is 22.4. The molecule has 1 saturated heterocycles. The number of nitrogens with zero attached hydrogens (tertiary/aromatic N) is 4. The third-order valence-electron chi connectivity index (χ3n) is 5.05. The summed E-state index contributed by atoms with van der Waals surface area (Å²) in [7, 11) is 0. The molecule has 1 aromatic carbocycles. The molecule has 2 N–H and O–H groups in total. The lowest BCUT2D eigenvalue weighted by atomic mass is 9.93. The molecule has 2 fully saturated rings. The maximum atomic E-state index is 12.7. The summed E-state index contributed by atoms with van der Waals surface area (Å²) in [6.45, 7) is 2.95. The van der Waals surface area contributed by atoms with Gasteiger partial charge in [0.1, 0.15) is 0 Å². The van der Waals surface area contributed by atoms with E-state index in [1.54, 1.807) is 0 Å². The fourth-order valence-corrected chi connectivity index (χ4v) is 3.40. The molecular formula is C17H23ClN6O. The second-order valence-electron chi connectivity index (χ2n) is 6.68. The lowest BCUT2D eigenvalue weighted by Gasteiger charge is -2.26. The van der Waals surface area contributed by atoms with Crippen molar-refractivity contribution in [3.8, 4) is 11.4 Å². The Balaban J connectivity index is 0.00000182. The van der Waals surface area contributed by atoms with Gasteiger partial charge in [-0.1, -0.05) is 19.1 Å². The van der Waals surface area contributed by atoms with Crippen LogP contribution in [0.3, 0.4) is 0 Å². The van der Waals surface area contributed by atoms with Gasteiger partial charge in [0.05, 0.1) is 11.6 Å². The Morgan fingerprint density at radius 1 is 1.44 bits per heavy atom. The Morgan fingerprint density at radius 3 is 2.96 bits per heavy atom. The average molecular weight is 363 g/mol. The Kier molecular flexibility index (Phi) is 5.06. The Labute approximate surface area is 153 Å². The molecule has 1 atom stereocenters. The SMILES string of the molecule is CCC1(C(=O)Nc2cccc(-c3nnnn3C3CC3)c2)CCCN1.Cl. The van der Waals surface area contributed by atoms with E-state index in [4.69, 9.17) is 0 Å². The van der Waals surface area contributed by atoms with Crippen molar-refractivity contribution in [1.82, 2.24) is 25.5 Å². The molecule has 4 rings (SSSR count). The molecule has 0 radical (unpaired) electrons. The molecule has 1 saturated carbocycles. The summed E-state index contributed by atoms with van der Waals surface area (Å²) in [5.74, 6) is 0.805. The van der Waals surface area contributed by atoms with Gasteiger partial charge < -0.3 is 10.6 Å². The van der Waals surface area contributed by atoms with E-state index in [9.17, 15) is 4.79 Å². The monoisotopic (exact) mass is 362 g/mol. The molecule has 2 aliphatic rings. The fraction of sp³-hybridized carbons (Fsp3) is 0.529. The highest BCUT2D eigenvalue weighted by molar-refractivity contribution is 5.98. The van der Waals surface area contributed by atoms with E-state index in [-0.39, 0.29) is 18.3 Å². The first-order chi connectivity index (χ1) is 11.7. The minimum Gasteiger partial charge on any atom is -0.324 e. The Morgan fingerprint density at radius 2 is 2.28 bits per heavy atom. The molecule has 2 aromatic rings. The Bertz CT molecular complexity index is 751. The standard InChI is InChI=1S/C17H22N6O.ClH/c1-2-17(9-4-10-18-17)16(24)19-13-6-3-5-12(11-13)15-20-21-22-23(15)14-7-8-14;/h3,5-6,11,14,18H,2,4,7-10H2,1H3,(H,19,24);1H. The molecule has 25 heavy (non-hydrogen) atoms. The number of halogens is 1. The van der Waals surface area contributed by atoms with Crippen molar-refractivity contribution >= 4 is 24.0 Å². The van der Waals surface area contributed by atoms with Crippen molar-refractivity contribution in [3.63, 3.8) is 0 Å². The molecule has 1 unspecified atom stereocenters. The van der Waals surface area contributed by atoms with Crippen molar-refractivity contribution in [2.24, 2.45) is 0 Å². The molecule has 1 aromatic heterocycles. The van der Waals surface area contributed by atoms with Gasteiger partial charge in [0.15, 0.2) is 5.82 Å². The van der Waals surface area contributed by atoms with Crippen LogP contribution in [0.25, 0.3) is 11.4 Å². The number of amides is 1. The van der Waals surface area contributed by atoms with Crippen LogP contribution in [-0.2, 0) is 4.79 Å². The third kappa shape index (κ3) is 3.39. The molecule has 8 heteroatoms. The van der Waals surface area contributed by atoms with Crippen LogP contribution in [0.1, 0.15) is 45.1 Å². The highest BCUT2D eigenvalue weighted by Crippen LogP contribution is 2.37. The number of anilines is 1. The first kappa shape index (κ1) is 17.8. The molecular weight excluding hydrogens is 340 g/mol. The second-order valence-corrected chi connectivity index (χ2v) is 6.68. The van der Waals surface area contributed by atoms with Gasteiger partial charge in [-0.25, -0.2) is 4.68 Å². The summed E-state index contributed by atoms with van der Waals surface area (Å²) in [6, 6.07) is 8.17. The van der Waals surface area contributed by atoms with Gasteiger partial charge in [0.25, 0.3) is 0 Å². The number of nitrogens with one attached hydrogen (secondary N) is 2. The van der Waals surface area contributed by atoms with E-state index < -0.39 is 5.54 Å². The van der Waals surface area contributed by atoms with E-state index in [1.165, 1.54) is 0 Å². The predicted octanol–water partition coefficient (Wildman–Crippen LogP) is 2.57. The van der Waals surface area contributed by atoms with Crippen LogP contribution >= 0.6 is 12.4 Å². The van der Waals surface area contributed by atoms with Crippen molar-refractivity contribution in [2.75, 3.05) is 11.9 Å². The molecule has 1 amide bonds. The highest BCUT2D eigenvalue weighted by atomic mass is 35.5. The predicted molar refractivity (Wildman–Crippen MR) is 97.7 cm³/mol. The smallest absolute Gasteiger partial charge is 0.244 e. The lowest BCUT2D eigenvalue weighted by Crippen LogP contribution is -2.50. The first-order valence-electron chi connectivity index (χ1n) is 8.67. The maximum Gasteiger partial charge on any atom is 0.244 e. The van der Waals surface area contributed by atoms with Crippen LogP contribution in [-0.4, -0.2) is 38.2 Å². The van der Waals surface area contributed by atoms with Crippen LogP contribution in [0.15, 0.2) is 24.3 Å². The number of rotatable bonds is 5. The van der Waals surface area contributed by atoms with Crippen LogP contribution < -0.4 is 10.6 Å². The maximum absolute atomic E-state index is 12.7. The van der Waals surface area contributed by atoms with Crippen molar-refractivity contribution in [1.29, 1.82) is 0 Å². The second kappa shape index (κ2) is 7.09. The molecule has 1 aliphatic carbocycles. The molecule has 0 spiro atoms. The summed E-state index contributed by atoms with van der Waals surface area (Å²) < 4.78 is 1.88. The number of benzene rings is 1. The number of hydrogen-bond donors (Lipinski definition) is 2. The molecule has 1 aliphatic heterocycles. The highest BCUT2D eigenvalue weighted by Gasteiger charge is 2.39. The Hall–Kier alpha value is -1.99. The van der Waals surface area contributed by atoms with Crippen molar-refractivity contribution in [2.45, 2.75) is 50.6 Å². The number of tetrazole rings is 1. The van der Waals surface area contributed by atoms with Crippen molar-refractivity contribution in [3.05, 3.63) is 24.3 Å². The zero-order valence-electron chi connectivity index (χ0n) is 14.2. The van der Waals surface area contributed by atoms with Gasteiger partial charge in [0.2, 0.25) is 5.91 Å². The van der Waals surface area contributed by atoms with Gasteiger partial charge in [-0.2, -0.15) is 0 Å². The number of hydrogen-bond acceptors (Lipinski definition) is 5. The largest absolute Gasteiger partial charge is 0.324 e. The summed E-state index contributed by atoms with van der Waals surface area (Å²) >= 11 is 0. The zero-order valence-corrected chi connectivity index (χ0v) is 15.1. The minimum absolute atomic E-state index is 0. The fourth-order valence-electron chi connectivity index (χ4n) is 3.40. The van der Waals surface area contributed by atoms with Crippen LogP contribution in [0.5, 0.6) is 0 Å². The summed E-state index contributed by atoms with van der Waals surface area (Å²) in [6.07, 6.45) is 4.96. The number of carbonyl (C=O) groups excluding carboxylic acids is 1. The number of aromatic nitrogens is 4. The molecule has 134 valence electrons. The number of carbonyl (C=O) groups is 1. The van der Waals surface area contributed by atoms with Crippen LogP contribution in [0.2, 0.25) is 0 Å². The van der Waals surface area contributed by atoms with Gasteiger partial charge in [-0.3, -0.25) is 4.79 Å². The summed E-state index contributed by atoms with van der Waals surface area (Å²) in [5.41, 5.74) is 1.27. The summed E-state index contributed by atoms with van der Waals surface area (Å²) in [4.78, 5) is 12.7.